The van der Waals surface area contributed by atoms with E-state index in [1.54, 1.807) is 50.4 Å². The second-order valence-corrected chi connectivity index (χ2v) is 10.7. The molecule has 0 heterocycles. The Morgan fingerprint density at radius 2 is 1.76 bits per heavy atom. The van der Waals surface area contributed by atoms with Crippen LogP contribution in [-0.2, 0) is 26.2 Å². The van der Waals surface area contributed by atoms with Gasteiger partial charge >= 0.3 is 0 Å². The number of nitrogens with zero attached hydrogens (tertiary/aromatic N) is 2. The summed E-state index contributed by atoms with van der Waals surface area (Å²) < 4.78 is 32.0. The largest absolute Gasteiger partial charge is 0.497 e. The predicted octanol–water partition coefficient (Wildman–Crippen LogP) is 3.56. The van der Waals surface area contributed by atoms with Gasteiger partial charge in [-0.2, -0.15) is 0 Å². The number of amides is 2. The SMILES string of the molecule is CCCCNC(=O)[C@@H](C)N(Cc1ccc(OC)cc1)C(=O)CN(c1ccccc1Br)S(C)(=O)=O. The molecular weight excluding hydrogens is 522 g/mol. The van der Waals surface area contributed by atoms with Gasteiger partial charge in [-0.1, -0.05) is 37.6 Å². The minimum absolute atomic E-state index is 0.138. The van der Waals surface area contributed by atoms with E-state index in [4.69, 9.17) is 4.74 Å². The fourth-order valence-electron chi connectivity index (χ4n) is 3.30. The summed E-state index contributed by atoms with van der Waals surface area (Å²) in [6.45, 7) is 3.88. The van der Waals surface area contributed by atoms with Gasteiger partial charge in [0.1, 0.15) is 18.3 Å². The van der Waals surface area contributed by atoms with E-state index in [1.807, 2.05) is 19.1 Å². The average molecular weight is 555 g/mol. The van der Waals surface area contributed by atoms with Crippen molar-refractivity contribution in [3.63, 3.8) is 0 Å². The summed E-state index contributed by atoms with van der Waals surface area (Å²) in [5.41, 5.74) is 1.14. The van der Waals surface area contributed by atoms with E-state index in [-0.39, 0.29) is 12.5 Å². The number of para-hydroxylation sites is 1. The highest BCUT2D eigenvalue weighted by Gasteiger charge is 2.30. The van der Waals surface area contributed by atoms with Gasteiger partial charge in [-0.15, -0.1) is 0 Å². The number of hydrogen-bond acceptors (Lipinski definition) is 5. The molecule has 0 unspecified atom stereocenters. The maximum absolute atomic E-state index is 13.5. The zero-order valence-corrected chi connectivity index (χ0v) is 22.4. The van der Waals surface area contributed by atoms with Gasteiger partial charge in [0.25, 0.3) is 0 Å². The Morgan fingerprint density at radius 3 is 2.32 bits per heavy atom. The van der Waals surface area contributed by atoms with Crippen molar-refractivity contribution >= 4 is 43.5 Å². The number of nitrogens with one attached hydrogen (secondary N) is 1. The van der Waals surface area contributed by atoms with Crippen molar-refractivity contribution in [3.8, 4) is 5.75 Å². The van der Waals surface area contributed by atoms with Gasteiger partial charge in [-0.3, -0.25) is 13.9 Å². The molecule has 0 aliphatic rings. The minimum atomic E-state index is -3.78. The summed E-state index contributed by atoms with van der Waals surface area (Å²) in [5, 5.41) is 2.85. The lowest BCUT2D eigenvalue weighted by Gasteiger charge is -2.31. The Morgan fingerprint density at radius 1 is 1.12 bits per heavy atom. The summed E-state index contributed by atoms with van der Waals surface area (Å²) in [7, 11) is -2.21. The molecule has 0 saturated carbocycles. The van der Waals surface area contributed by atoms with E-state index in [1.165, 1.54) is 4.90 Å². The first-order valence-corrected chi connectivity index (χ1v) is 13.6. The van der Waals surface area contributed by atoms with E-state index in [0.717, 1.165) is 29.0 Å². The maximum Gasteiger partial charge on any atom is 0.244 e. The normalized spacial score (nSPS) is 12.0. The number of carbonyl (C=O) groups excluding carboxylic acids is 2. The van der Waals surface area contributed by atoms with Crippen molar-refractivity contribution in [2.24, 2.45) is 0 Å². The Bertz CT molecular complexity index is 1080. The molecule has 2 rings (SSSR count). The number of benzene rings is 2. The molecule has 2 aromatic carbocycles. The van der Waals surface area contributed by atoms with E-state index < -0.39 is 28.5 Å². The van der Waals surface area contributed by atoms with Gasteiger partial charge in [-0.25, -0.2) is 8.42 Å². The number of anilines is 1. The number of carbonyl (C=O) groups is 2. The fraction of sp³-hybridized carbons (Fsp3) is 0.417. The van der Waals surface area contributed by atoms with Crippen LogP contribution < -0.4 is 14.4 Å². The lowest BCUT2D eigenvalue weighted by molar-refractivity contribution is -0.139. The quantitative estimate of drug-likeness (QED) is 0.405. The molecule has 0 radical (unpaired) electrons. The van der Waals surface area contributed by atoms with Crippen LogP contribution in [0.3, 0.4) is 0 Å². The lowest BCUT2D eigenvalue weighted by Crippen LogP contribution is -2.51. The molecule has 0 aliphatic carbocycles. The number of halogens is 1. The van der Waals surface area contributed by atoms with Gasteiger partial charge in [0.05, 0.1) is 19.1 Å². The molecule has 0 spiro atoms. The number of rotatable bonds is 12. The molecule has 10 heteroatoms. The highest BCUT2D eigenvalue weighted by atomic mass is 79.9. The third-order valence-corrected chi connectivity index (χ3v) is 7.11. The molecule has 1 N–H and O–H groups in total. The van der Waals surface area contributed by atoms with Crippen molar-refractivity contribution in [2.45, 2.75) is 39.3 Å². The van der Waals surface area contributed by atoms with Crippen LogP contribution >= 0.6 is 15.9 Å². The van der Waals surface area contributed by atoms with Crippen molar-refractivity contribution in [1.82, 2.24) is 10.2 Å². The van der Waals surface area contributed by atoms with Crippen LogP contribution in [0.1, 0.15) is 32.3 Å². The van der Waals surface area contributed by atoms with Crippen LogP contribution in [0.5, 0.6) is 5.75 Å². The zero-order valence-electron chi connectivity index (χ0n) is 20.0. The minimum Gasteiger partial charge on any atom is -0.497 e. The fourth-order valence-corrected chi connectivity index (χ4v) is 4.77. The molecule has 186 valence electrons. The van der Waals surface area contributed by atoms with E-state index in [0.29, 0.717) is 22.5 Å². The third kappa shape index (κ3) is 7.73. The topological polar surface area (TPSA) is 96.0 Å². The maximum atomic E-state index is 13.5. The predicted molar refractivity (Wildman–Crippen MR) is 137 cm³/mol. The number of sulfonamides is 1. The molecule has 0 aromatic heterocycles. The number of methoxy groups -OCH3 is 1. The van der Waals surface area contributed by atoms with Crippen LogP contribution in [0.4, 0.5) is 5.69 Å². The van der Waals surface area contributed by atoms with Crippen molar-refractivity contribution in [1.29, 1.82) is 0 Å². The Hall–Kier alpha value is -2.59. The monoisotopic (exact) mass is 553 g/mol. The van der Waals surface area contributed by atoms with Crippen LogP contribution in [0.25, 0.3) is 0 Å². The smallest absolute Gasteiger partial charge is 0.244 e. The van der Waals surface area contributed by atoms with Crippen molar-refractivity contribution < 1.29 is 22.7 Å². The number of hydrogen-bond donors (Lipinski definition) is 1. The second kappa shape index (κ2) is 12.8. The van der Waals surface area contributed by atoms with Gasteiger partial charge in [0.2, 0.25) is 21.8 Å². The lowest BCUT2D eigenvalue weighted by atomic mass is 10.1. The van der Waals surface area contributed by atoms with E-state index in [2.05, 4.69) is 21.2 Å². The molecule has 0 aliphatic heterocycles. The molecule has 1 atom stereocenters. The number of unbranched alkanes of at least 4 members (excludes halogenated alkanes) is 1. The number of ether oxygens (including phenoxy) is 1. The highest BCUT2D eigenvalue weighted by Crippen LogP contribution is 2.28. The molecule has 0 bridgehead atoms. The molecule has 2 amide bonds. The highest BCUT2D eigenvalue weighted by molar-refractivity contribution is 9.10. The van der Waals surface area contributed by atoms with Gasteiger partial charge in [0.15, 0.2) is 0 Å². The van der Waals surface area contributed by atoms with Gasteiger partial charge in [-0.05, 0) is 59.1 Å². The summed E-state index contributed by atoms with van der Waals surface area (Å²) >= 11 is 3.36. The van der Waals surface area contributed by atoms with Crippen LogP contribution in [-0.4, -0.2) is 57.6 Å². The molecule has 34 heavy (non-hydrogen) atoms. The molecule has 8 nitrogen and oxygen atoms in total. The van der Waals surface area contributed by atoms with Crippen LogP contribution in [0.15, 0.2) is 53.0 Å². The first kappa shape index (κ1) is 27.7. The first-order chi connectivity index (χ1) is 16.1. The van der Waals surface area contributed by atoms with Gasteiger partial charge < -0.3 is 15.0 Å². The summed E-state index contributed by atoms with van der Waals surface area (Å²) in [4.78, 5) is 27.7. The molecular formula is C24H32BrN3O5S. The average Bonchev–Trinajstić information content (AvgIpc) is 2.80. The molecule has 0 fully saturated rings. The Labute approximate surface area is 210 Å². The molecule has 0 saturated heterocycles. The Balaban J connectivity index is 2.35. The molecule has 2 aromatic rings. The van der Waals surface area contributed by atoms with Gasteiger partial charge in [0, 0.05) is 17.6 Å². The summed E-state index contributed by atoms with van der Waals surface area (Å²) in [6, 6.07) is 13.1. The van der Waals surface area contributed by atoms with Crippen LogP contribution in [0, 0.1) is 0 Å². The summed E-state index contributed by atoms with van der Waals surface area (Å²) in [5.74, 6) is -0.110. The van der Waals surface area contributed by atoms with E-state index in [9.17, 15) is 18.0 Å². The third-order valence-electron chi connectivity index (χ3n) is 5.31. The van der Waals surface area contributed by atoms with Crippen LogP contribution in [0.2, 0.25) is 0 Å². The second-order valence-electron chi connectivity index (χ2n) is 7.91. The van der Waals surface area contributed by atoms with Crippen molar-refractivity contribution in [2.75, 3.05) is 30.8 Å². The standard InChI is InChI=1S/C24H32BrN3O5S/c1-5-6-15-26-24(30)18(2)27(16-19-11-13-20(33-3)14-12-19)23(29)17-28(34(4,31)32)22-10-8-7-9-21(22)25/h7-14,18H,5-6,15-17H2,1-4H3,(H,26,30)/t18-/m1/s1. The van der Waals surface area contributed by atoms with Crippen molar-refractivity contribution in [3.05, 3.63) is 58.6 Å². The first-order valence-electron chi connectivity index (χ1n) is 11.0. The Kier molecular flexibility index (Phi) is 10.4. The summed E-state index contributed by atoms with van der Waals surface area (Å²) in [6.07, 6.45) is 2.81. The van der Waals surface area contributed by atoms with E-state index >= 15 is 0 Å². The zero-order chi connectivity index (χ0) is 25.3.